The molecule has 0 aromatic carbocycles. The molecule has 6 heteroatoms. The predicted octanol–water partition coefficient (Wildman–Crippen LogP) is -4.18. The molecule has 0 aromatic rings. The summed E-state index contributed by atoms with van der Waals surface area (Å²) in [5, 5.41) is 1.89. The van der Waals surface area contributed by atoms with Gasteiger partial charge < -0.3 is 27.2 Å². The van der Waals surface area contributed by atoms with E-state index in [2.05, 4.69) is 9.47 Å². The van der Waals surface area contributed by atoms with E-state index in [9.17, 15) is 9.59 Å². The Hall–Kier alpha value is -0.810. The third-order valence-electron chi connectivity index (χ3n) is 2.51. The smallest absolute Gasteiger partial charge is 0.364 e. The number of esters is 2. The van der Waals surface area contributed by atoms with E-state index in [1.165, 1.54) is 14.2 Å². The molecular formula is C9H16ClNO4. The quantitative estimate of drug-likeness (QED) is 0.506. The van der Waals surface area contributed by atoms with Crippen LogP contribution >= 0.6 is 0 Å². The third-order valence-corrected chi connectivity index (χ3v) is 2.51. The molecule has 15 heavy (non-hydrogen) atoms. The number of methoxy groups -OCH3 is 2. The normalized spacial score (nSPS) is 24.1. The summed E-state index contributed by atoms with van der Waals surface area (Å²) in [6.07, 6.45) is 1.99. The van der Waals surface area contributed by atoms with Crippen molar-refractivity contribution in [1.29, 1.82) is 0 Å². The second-order valence-corrected chi connectivity index (χ2v) is 3.44. The summed E-state index contributed by atoms with van der Waals surface area (Å²) in [5.74, 6) is -0.436. The number of rotatable bonds is 3. The second kappa shape index (κ2) is 6.63. The van der Waals surface area contributed by atoms with E-state index >= 15 is 0 Å². The van der Waals surface area contributed by atoms with Crippen molar-refractivity contribution >= 4 is 11.9 Å². The van der Waals surface area contributed by atoms with Crippen LogP contribution in [0.2, 0.25) is 0 Å². The van der Waals surface area contributed by atoms with Crippen molar-refractivity contribution in [3.63, 3.8) is 0 Å². The molecule has 0 radical (unpaired) electrons. The summed E-state index contributed by atoms with van der Waals surface area (Å²) in [7, 11) is 2.75. The summed E-state index contributed by atoms with van der Waals surface area (Å²) < 4.78 is 9.19. The van der Waals surface area contributed by atoms with E-state index in [-0.39, 0.29) is 36.4 Å². The maximum Gasteiger partial charge on any atom is 0.364 e. The highest BCUT2D eigenvalue weighted by Gasteiger charge is 2.35. The van der Waals surface area contributed by atoms with Gasteiger partial charge in [0.2, 0.25) is 0 Å². The summed E-state index contributed by atoms with van der Waals surface area (Å²) in [5.41, 5.74) is 0. The first-order valence-electron chi connectivity index (χ1n) is 4.67. The van der Waals surface area contributed by atoms with Gasteiger partial charge in [-0.05, 0) is 0 Å². The van der Waals surface area contributed by atoms with Gasteiger partial charge in [0, 0.05) is 12.8 Å². The summed E-state index contributed by atoms with van der Waals surface area (Å²) in [4.78, 5) is 22.1. The van der Waals surface area contributed by atoms with Gasteiger partial charge in [-0.25, -0.2) is 4.79 Å². The Morgan fingerprint density at radius 3 is 2.47 bits per heavy atom. The minimum absolute atomic E-state index is 0. The maximum absolute atomic E-state index is 11.1. The van der Waals surface area contributed by atoms with Gasteiger partial charge in [-0.1, -0.05) is 0 Å². The van der Waals surface area contributed by atoms with Crippen molar-refractivity contribution in [2.75, 3.05) is 14.2 Å². The lowest BCUT2D eigenvalue weighted by atomic mass is 10.1. The number of hydrogen-bond donors (Lipinski definition) is 1. The zero-order valence-corrected chi connectivity index (χ0v) is 9.62. The van der Waals surface area contributed by atoms with Gasteiger partial charge in [0.25, 0.3) is 0 Å². The molecular weight excluding hydrogens is 222 g/mol. The lowest BCUT2D eigenvalue weighted by Gasteiger charge is -2.08. The molecule has 1 fully saturated rings. The Kier molecular flexibility index (Phi) is 6.27. The minimum Gasteiger partial charge on any atom is -1.00 e. The molecule has 2 atom stereocenters. The Morgan fingerprint density at radius 2 is 1.93 bits per heavy atom. The number of carbonyl (C=O) groups excluding carboxylic acids is 2. The predicted molar refractivity (Wildman–Crippen MR) is 47.4 cm³/mol. The first kappa shape index (κ1) is 14.2. The highest BCUT2D eigenvalue weighted by molar-refractivity contribution is 5.74. The van der Waals surface area contributed by atoms with E-state index in [1.807, 2.05) is 5.32 Å². The topological polar surface area (TPSA) is 69.2 Å². The fraction of sp³-hybridized carbons (Fsp3) is 0.778. The van der Waals surface area contributed by atoms with Gasteiger partial charge >= 0.3 is 11.9 Å². The lowest BCUT2D eigenvalue weighted by molar-refractivity contribution is -0.690. The maximum atomic E-state index is 11.1. The molecule has 1 saturated heterocycles. The van der Waals surface area contributed by atoms with E-state index < -0.39 is 0 Å². The summed E-state index contributed by atoms with van der Waals surface area (Å²) >= 11 is 0. The minimum atomic E-state index is -0.225. The van der Waals surface area contributed by atoms with Crippen LogP contribution in [0.1, 0.15) is 19.3 Å². The molecule has 0 unspecified atom stereocenters. The number of ether oxygens (including phenoxy) is 2. The van der Waals surface area contributed by atoms with Crippen LogP contribution in [-0.2, 0) is 19.1 Å². The molecule has 0 spiro atoms. The molecule has 2 N–H and O–H groups in total. The second-order valence-electron chi connectivity index (χ2n) is 3.44. The molecule has 1 rings (SSSR count). The third kappa shape index (κ3) is 4.05. The molecule has 88 valence electrons. The van der Waals surface area contributed by atoms with E-state index in [1.54, 1.807) is 0 Å². The first-order chi connectivity index (χ1) is 6.67. The number of nitrogens with two attached hydrogens (primary N) is 1. The largest absolute Gasteiger partial charge is 1.00 e. The van der Waals surface area contributed by atoms with Crippen LogP contribution in [0.3, 0.4) is 0 Å². The Bertz CT molecular complexity index is 234. The molecule has 1 aliphatic heterocycles. The molecule has 5 nitrogen and oxygen atoms in total. The van der Waals surface area contributed by atoms with Crippen molar-refractivity contribution in [2.45, 2.75) is 31.3 Å². The van der Waals surface area contributed by atoms with Crippen LogP contribution < -0.4 is 17.7 Å². The molecule has 0 aliphatic carbocycles. The van der Waals surface area contributed by atoms with Crippen LogP contribution in [-0.4, -0.2) is 38.2 Å². The average Bonchev–Trinajstić information content (AvgIpc) is 2.65. The first-order valence-corrected chi connectivity index (χ1v) is 4.67. The van der Waals surface area contributed by atoms with E-state index in [0.29, 0.717) is 6.42 Å². The van der Waals surface area contributed by atoms with Crippen molar-refractivity contribution in [3.8, 4) is 0 Å². The van der Waals surface area contributed by atoms with Crippen LogP contribution in [0.5, 0.6) is 0 Å². The highest BCUT2D eigenvalue weighted by atomic mass is 35.5. The Labute approximate surface area is 94.9 Å². The van der Waals surface area contributed by atoms with E-state index in [0.717, 1.165) is 12.8 Å². The highest BCUT2D eigenvalue weighted by Crippen LogP contribution is 2.08. The van der Waals surface area contributed by atoms with Gasteiger partial charge in [-0.3, -0.25) is 4.79 Å². The SMILES string of the molecule is COC(=O)C[C@H]1CC[C@@H](C(=O)OC)[NH2+]1.[Cl-]. The van der Waals surface area contributed by atoms with Crippen molar-refractivity contribution in [2.24, 2.45) is 0 Å². The summed E-state index contributed by atoms with van der Waals surface area (Å²) in [6.45, 7) is 0. The van der Waals surface area contributed by atoms with Gasteiger partial charge in [0.05, 0.1) is 26.7 Å². The van der Waals surface area contributed by atoms with Crippen molar-refractivity contribution < 1.29 is 36.8 Å². The zero-order valence-electron chi connectivity index (χ0n) is 8.86. The Morgan fingerprint density at radius 1 is 1.27 bits per heavy atom. The molecule has 0 saturated carbocycles. The van der Waals surface area contributed by atoms with Gasteiger partial charge in [-0.2, -0.15) is 0 Å². The average molecular weight is 238 g/mol. The molecule has 0 bridgehead atoms. The molecule has 0 amide bonds. The van der Waals surface area contributed by atoms with Gasteiger partial charge in [-0.15, -0.1) is 0 Å². The fourth-order valence-corrected chi connectivity index (χ4v) is 1.73. The van der Waals surface area contributed by atoms with Gasteiger partial charge in [0.1, 0.15) is 0 Å². The van der Waals surface area contributed by atoms with Crippen LogP contribution in [0.15, 0.2) is 0 Å². The fourth-order valence-electron chi connectivity index (χ4n) is 1.73. The van der Waals surface area contributed by atoms with Crippen LogP contribution in [0.4, 0.5) is 0 Å². The van der Waals surface area contributed by atoms with Crippen molar-refractivity contribution in [1.82, 2.24) is 0 Å². The number of carbonyl (C=O) groups is 2. The standard InChI is InChI=1S/C9H15NO4.ClH/c1-13-8(11)5-6-3-4-7(10-6)9(12)14-2;/h6-7,10H,3-5H2,1-2H3;1H/t6-,7+;/m1./s1. The molecule has 1 aliphatic rings. The van der Waals surface area contributed by atoms with E-state index in [4.69, 9.17) is 0 Å². The molecule has 0 aromatic heterocycles. The zero-order chi connectivity index (χ0) is 10.6. The van der Waals surface area contributed by atoms with Crippen LogP contribution in [0, 0.1) is 0 Å². The van der Waals surface area contributed by atoms with Crippen molar-refractivity contribution in [3.05, 3.63) is 0 Å². The number of halogens is 1. The number of hydrogen-bond acceptors (Lipinski definition) is 4. The monoisotopic (exact) mass is 237 g/mol. The van der Waals surface area contributed by atoms with Gasteiger partial charge in [0.15, 0.2) is 6.04 Å². The van der Waals surface area contributed by atoms with Crippen LogP contribution in [0.25, 0.3) is 0 Å². The number of quaternary nitrogens is 1. The lowest BCUT2D eigenvalue weighted by Crippen LogP contribution is -3.00. The Balaban J connectivity index is 0.00000196. The summed E-state index contributed by atoms with van der Waals surface area (Å²) in [6, 6.07) is 0.0150. The molecule has 1 heterocycles.